The molecule has 0 fully saturated rings. The van der Waals surface area contributed by atoms with Gasteiger partial charge in [0.05, 0.1) is 17.1 Å². The molecular formula is C12H13NO5. The van der Waals surface area contributed by atoms with Crippen molar-refractivity contribution in [3.8, 4) is 0 Å². The zero-order valence-corrected chi connectivity index (χ0v) is 9.83. The lowest BCUT2D eigenvalue weighted by molar-refractivity contribution is -0.385. The molecular weight excluding hydrogens is 238 g/mol. The second-order valence-corrected chi connectivity index (χ2v) is 3.50. The van der Waals surface area contributed by atoms with Crippen molar-refractivity contribution in [3.63, 3.8) is 0 Å². The van der Waals surface area contributed by atoms with Gasteiger partial charge in [-0.05, 0) is 12.5 Å². The predicted molar refractivity (Wildman–Crippen MR) is 63.8 cm³/mol. The van der Waals surface area contributed by atoms with Crippen LogP contribution in [0.3, 0.4) is 0 Å². The topological polar surface area (TPSA) is 89.7 Å². The fourth-order valence-corrected chi connectivity index (χ4v) is 1.35. The number of hydrogen-bond acceptors (Lipinski definition) is 5. The van der Waals surface area contributed by atoms with Crippen molar-refractivity contribution < 1.29 is 19.6 Å². The molecule has 1 rings (SSSR count). The molecule has 0 aliphatic rings. The van der Waals surface area contributed by atoms with Crippen LogP contribution in [0.5, 0.6) is 0 Å². The Balaban J connectivity index is 2.93. The summed E-state index contributed by atoms with van der Waals surface area (Å²) in [5.74, 6) is -0.725. The first kappa shape index (κ1) is 13.9. The average Bonchev–Trinajstić information content (AvgIpc) is 2.37. The molecule has 1 aromatic rings. The third-order valence-electron chi connectivity index (χ3n) is 2.26. The molecule has 1 aromatic carbocycles. The predicted octanol–water partition coefficient (Wildman–Crippen LogP) is 1.75. The lowest BCUT2D eigenvalue weighted by atomic mass is 10.0. The normalized spacial score (nSPS) is 11.7. The number of nitrogens with zero attached hydrogens (tertiary/aromatic N) is 1. The Morgan fingerprint density at radius 1 is 1.61 bits per heavy atom. The van der Waals surface area contributed by atoms with Crippen LogP contribution in [0.25, 0.3) is 0 Å². The summed E-state index contributed by atoms with van der Waals surface area (Å²) in [6, 6.07) is 5.38. The zero-order chi connectivity index (χ0) is 13.7. The van der Waals surface area contributed by atoms with E-state index >= 15 is 0 Å². The van der Waals surface area contributed by atoms with Gasteiger partial charge in [-0.15, -0.1) is 0 Å². The molecule has 0 spiro atoms. The maximum absolute atomic E-state index is 11.4. The van der Waals surface area contributed by atoms with Crippen molar-refractivity contribution in [2.24, 2.45) is 0 Å². The van der Waals surface area contributed by atoms with Gasteiger partial charge in [0.2, 0.25) is 0 Å². The van der Waals surface area contributed by atoms with Crippen molar-refractivity contribution in [3.05, 3.63) is 52.1 Å². The van der Waals surface area contributed by atoms with Gasteiger partial charge in [0.15, 0.2) is 0 Å². The van der Waals surface area contributed by atoms with Gasteiger partial charge in [0.1, 0.15) is 6.10 Å². The summed E-state index contributed by atoms with van der Waals surface area (Å²) in [6.07, 6.45) is -1.32. The van der Waals surface area contributed by atoms with E-state index in [0.717, 1.165) is 0 Å². The highest BCUT2D eigenvalue weighted by Gasteiger charge is 2.21. The molecule has 6 heteroatoms. The number of ether oxygens (including phenoxy) is 1. The summed E-state index contributed by atoms with van der Waals surface area (Å²) in [5.41, 5.74) is -0.0946. The van der Waals surface area contributed by atoms with Crippen LogP contribution in [-0.2, 0) is 9.53 Å². The van der Waals surface area contributed by atoms with E-state index in [1.165, 1.54) is 24.3 Å². The lowest BCUT2D eigenvalue weighted by Gasteiger charge is -2.12. The molecule has 1 atom stereocenters. The molecule has 0 saturated heterocycles. The van der Waals surface area contributed by atoms with Gasteiger partial charge in [0.25, 0.3) is 5.69 Å². The standard InChI is InChI=1S/C12H13NO5/c1-3-18-12(15)8(2)11(14)9-5-4-6-10(7-9)13(16)17/h4-7,11,14H,2-3H2,1H3/t11-/m1/s1. The van der Waals surface area contributed by atoms with E-state index in [2.05, 4.69) is 6.58 Å². The zero-order valence-electron chi connectivity index (χ0n) is 9.83. The molecule has 0 aliphatic carbocycles. The summed E-state index contributed by atoms with van der Waals surface area (Å²) in [5, 5.41) is 20.5. The lowest BCUT2D eigenvalue weighted by Crippen LogP contribution is -2.13. The summed E-state index contributed by atoms with van der Waals surface area (Å²) in [7, 11) is 0. The first-order valence-electron chi connectivity index (χ1n) is 5.25. The Bertz CT molecular complexity index is 483. The third kappa shape index (κ3) is 3.14. The van der Waals surface area contributed by atoms with Crippen molar-refractivity contribution in [1.29, 1.82) is 0 Å². The third-order valence-corrected chi connectivity index (χ3v) is 2.26. The first-order valence-corrected chi connectivity index (χ1v) is 5.25. The van der Waals surface area contributed by atoms with Gasteiger partial charge in [-0.2, -0.15) is 0 Å². The van der Waals surface area contributed by atoms with Gasteiger partial charge in [-0.3, -0.25) is 10.1 Å². The highest BCUT2D eigenvalue weighted by Crippen LogP contribution is 2.24. The fourth-order valence-electron chi connectivity index (χ4n) is 1.35. The molecule has 0 saturated carbocycles. The van der Waals surface area contributed by atoms with E-state index in [1.807, 2.05) is 0 Å². The fraction of sp³-hybridized carbons (Fsp3) is 0.250. The van der Waals surface area contributed by atoms with E-state index in [0.29, 0.717) is 0 Å². The summed E-state index contributed by atoms with van der Waals surface area (Å²) in [6.45, 7) is 5.23. The quantitative estimate of drug-likeness (QED) is 0.372. The second-order valence-electron chi connectivity index (χ2n) is 3.50. The molecule has 0 heterocycles. The number of esters is 1. The molecule has 18 heavy (non-hydrogen) atoms. The summed E-state index contributed by atoms with van der Waals surface area (Å²) < 4.78 is 4.69. The van der Waals surface area contributed by atoms with Crippen LogP contribution in [0.4, 0.5) is 5.69 Å². The maximum atomic E-state index is 11.4. The largest absolute Gasteiger partial charge is 0.463 e. The molecule has 0 bridgehead atoms. The molecule has 0 unspecified atom stereocenters. The van der Waals surface area contributed by atoms with E-state index in [9.17, 15) is 20.0 Å². The molecule has 6 nitrogen and oxygen atoms in total. The number of rotatable bonds is 5. The monoisotopic (exact) mass is 251 g/mol. The van der Waals surface area contributed by atoms with Crippen LogP contribution >= 0.6 is 0 Å². The highest BCUT2D eigenvalue weighted by molar-refractivity contribution is 5.89. The number of hydrogen-bond donors (Lipinski definition) is 1. The van der Waals surface area contributed by atoms with Crippen LogP contribution in [0.2, 0.25) is 0 Å². The van der Waals surface area contributed by atoms with Crippen LogP contribution in [-0.4, -0.2) is 22.6 Å². The van der Waals surface area contributed by atoms with Crippen LogP contribution in [0, 0.1) is 10.1 Å². The number of benzene rings is 1. The smallest absolute Gasteiger partial charge is 0.336 e. The summed E-state index contributed by atoms with van der Waals surface area (Å²) >= 11 is 0. The first-order chi connectivity index (χ1) is 8.47. The second kappa shape index (κ2) is 5.92. The Kier molecular flexibility index (Phi) is 4.56. The Labute approximate surface area is 104 Å². The van der Waals surface area contributed by atoms with Gasteiger partial charge in [-0.1, -0.05) is 18.7 Å². The Morgan fingerprint density at radius 2 is 2.28 bits per heavy atom. The van der Waals surface area contributed by atoms with E-state index in [-0.39, 0.29) is 23.4 Å². The molecule has 0 radical (unpaired) electrons. The van der Waals surface area contributed by atoms with Gasteiger partial charge < -0.3 is 9.84 Å². The molecule has 0 aliphatic heterocycles. The molecule has 96 valence electrons. The number of nitro benzene ring substituents is 1. The number of carbonyl (C=O) groups excluding carboxylic acids is 1. The minimum absolute atomic E-state index is 0.155. The Hall–Kier alpha value is -2.21. The molecule has 0 aromatic heterocycles. The minimum Gasteiger partial charge on any atom is -0.463 e. The van der Waals surface area contributed by atoms with Gasteiger partial charge in [0, 0.05) is 12.1 Å². The highest BCUT2D eigenvalue weighted by atomic mass is 16.6. The number of carbonyl (C=O) groups is 1. The SMILES string of the molecule is C=C(C(=O)OCC)[C@@H](O)c1cccc([N+](=O)[O-])c1. The van der Waals surface area contributed by atoms with E-state index in [4.69, 9.17) is 4.74 Å². The van der Waals surface area contributed by atoms with Crippen LogP contribution in [0.1, 0.15) is 18.6 Å². The van der Waals surface area contributed by atoms with Crippen LogP contribution in [0.15, 0.2) is 36.4 Å². The number of aliphatic hydroxyl groups is 1. The van der Waals surface area contributed by atoms with Crippen molar-refractivity contribution >= 4 is 11.7 Å². The summed E-state index contributed by atoms with van der Waals surface area (Å²) in [4.78, 5) is 21.4. The van der Waals surface area contributed by atoms with E-state index < -0.39 is 17.0 Å². The molecule has 1 N–H and O–H groups in total. The van der Waals surface area contributed by atoms with Gasteiger partial charge in [-0.25, -0.2) is 4.79 Å². The maximum Gasteiger partial charge on any atom is 0.336 e. The van der Waals surface area contributed by atoms with Crippen molar-refractivity contribution in [1.82, 2.24) is 0 Å². The number of non-ortho nitro benzene ring substituents is 1. The average molecular weight is 251 g/mol. The van der Waals surface area contributed by atoms with Crippen molar-refractivity contribution in [2.45, 2.75) is 13.0 Å². The van der Waals surface area contributed by atoms with Crippen molar-refractivity contribution in [2.75, 3.05) is 6.61 Å². The Morgan fingerprint density at radius 3 is 2.83 bits per heavy atom. The van der Waals surface area contributed by atoms with Crippen LogP contribution < -0.4 is 0 Å². The number of aliphatic hydroxyl groups excluding tert-OH is 1. The minimum atomic E-state index is -1.32. The molecule has 0 amide bonds. The van der Waals surface area contributed by atoms with Gasteiger partial charge >= 0.3 is 5.97 Å². The number of nitro groups is 1. The van der Waals surface area contributed by atoms with E-state index in [1.54, 1.807) is 6.92 Å².